The molecule has 2 N–H and O–H groups in total. The molecule has 0 aliphatic heterocycles. The molecule has 2 unspecified atom stereocenters. The van der Waals surface area contributed by atoms with E-state index in [0.29, 0.717) is 22.2 Å². The van der Waals surface area contributed by atoms with Crippen molar-refractivity contribution in [1.29, 1.82) is 0 Å². The highest BCUT2D eigenvalue weighted by atomic mass is 35.5. The van der Waals surface area contributed by atoms with Crippen LogP contribution in [0.4, 0.5) is 5.69 Å². The summed E-state index contributed by atoms with van der Waals surface area (Å²) in [7, 11) is 0. The van der Waals surface area contributed by atoms with Crippen molar-refractivity contribution in [2.24, 2.45) is 0 Å². The molecule has 0 aliphatic carbocycles. The number of carboxylic acids is 1. The van der Waals surface area contributed by atoms with E-state index in [1.807, 2.05) is 6.92 Å². The predicted octanol–water partition coefficient (Wildman–Crippen LogP) is 4.16. The maximum atomic E-state index is 11.4. The van der Waals surface area contributed by atoms with Crippen molar-refractivity contribution in [3.05, 3.63) is 52.9 Å². The van der Waals surface area contributed by atoms with Gasteiger partial charge in [-0.05, 0) is 31.2 Å². The van der Waals surface area contributed by atoms with Crippen LogP contribution in [0.25, 0.3) is 0 Å². The minimum absolute atomic E-state index is 0.0986. The Morgan fingerprint density at radius 2 is 1.95 bits per heavy atom. The Bertz CT molecular complexity index is 612. The van der Waals surface area contributed by atoms with Crippen LogP contribution in [0.5, 0.6) is 0 Å². The molecule has 2 rings (SSSR count). The van der Waals surface area contributed by atoms with E-state index in [9.17, 15) is 9.90 Å². The number of carbonyl (C=O) groups is 1. The standard InChI is InChI=1S/C14H14ClNO3S/c1-8(20)11-6-7-12(19-11)13(14(17)18)16-10-5-3-2-4-9(10)15/h2-8,13,16,20H,1H3,(H,17,18). The van der Waals surface area contributed by atoms with E-state index in [-0.39, 0.29) is 5.25 Å². The molecule has 1 aromatic carbocycles. The number of anilines is 1. The van der Waals surface area contributed by atoms with Crippen molar-refractivity contribution in [2.75, 3.05) is 5.32 Å². The molecule has 0 saturated heterocycles. The van der Waals surface area contributed by atoms with Gasteiger partial charge in [-0.25, -0.2) is 4.79 Å². The third-order valence-corrected chi connectivity index (χ3v) is 3.35. The highest BCUT2D eigenvalue weighted by molar-refractivity contribution is 7.80. The van der Waals surface area contributed by atoms with Crippen LogP contribution in [-0.4, -0.2) is 11.1 Å². The molecule has 1 aromatic heterocycles. The van der Waals surface area contributed by atoms with Crippen LogP contribution in [-0.2, 0) is 4.79 Å². The van der Waals surface area contributed by atoms with Gasteiger partial charge in [0.05, 0.1) is 16.0 Å². The van der Waals surface area contributed by atoms with Crippen LogP contribution in [0.15, 0.2) is 40.8 Å². The van der Waals surface area contributed by atoms with E-state index in [4.69, 9.17) is 16.0 Å². The normalized spacial score (nSPS) is 13.8. The van der Waals surface area contributed by atoms with Crippen LogP contribution in [0, 0.1) is 0 Å². The summed E-state index contributed by atoms with van der Waals surface area (Å²) in [4.78, 5) is 11.4. The second-order valence-electron chi connectivity index (χ2n) is 4.31. The molecular weight excluding hydrogens is 298 g/mol. The summed E-state index contributed by atoms with van der Waals surface area (Å²) < 4.78 is 5.52. The van der Waals surface area contributed by atoms with Gasteiger partial charge in [0.25, 0.3) is 0 Å². The van der Waals surface area contributed by atoms with Crippen LogP contribution in [0.2, 0.25) is 5.02 Å². The van der Waals surface area contributed by atoms with E-state index in [0.717, 1.165) is 0 Å². The van der Waals surface area contributed by atoms with E-state index in [2.05, 4.69) is 17.9 Å². The number of hydrogen-bond acceptors (Lipinski definition) is 4. The number of nitrogens with one attached hydrogen (secondary N) is 1. The van der Waals surface area contributed by atoms with E-state index in [1.165, 1.54) is 0 Å². The van der Waals surface area contributed by atoms with Crippen LogP contribution < -0.4 is 5.32 Å². The fourth-order valence-corrected chi connectivity index (χ4v) is 2.07. The number of furan rings is 1. The van der Waals surface area contributed by atoms with Crippen LogP contribution >= 0.6 is 24.2 Å². The topological polar surface area (TPSA) is 62.5 Å². The number of rotatable bonds is 5. The zero-order chi connectivity index (χ0) is 14.7. The lowest BCUT2D eigenvalue weighted by atomic mass is 10.2. The summed E-state index contributed by atoms with van der Waals surface area (Å²) in [5.74, 6) is -0.110. The lowest BCUT2D eigenvalue weighted by Gasteiger charge is -2.14. The third-order valence-electron chi connectivity index (χ3n) is 2.76. The highest BCUT2D eigenvalue weighted by Crippen LogP contribution is 2.29. The summed E-state index contributed by atoms with van der Waals surface area (Å²) >= 11 is 10.3. The van der Waals surface area contributed by atoms with E-state index < -0.39 is 12.0 Å². The number of hydrogen-bond donors (Lipinski definition) is 3. The van der Waals surface area contributed by atoms with Crippen molar-refractivity contribution in [1.82, 2.24) is 0 Å². The fraction of sp³-hybridized carbons (Fsp3) is 0.214. The van der Waals surface area contributed by atoms with Crippen molar-refractivity contribution < 1.29 is 14.3 Å². The molecule has 0 aliphatic rings. The maximum Gasteiger partial charge on any atom is 0.334 e. The van der Waals surface area contributed by atoms with Gasteiger partial charge in [0.15, 0.2) is 6.04 Å². The lowest BCUT2D eigenvalue weighted by molar-refractivity contribution is -0.138. The summed E-state index contributed by atoms with van der Waals surface area (Å²) in [6.45, 7) is 1.85. The van der Waals surface area contributed by atoms with Gasteiger partial charge in [0.1, 0.15) is 11.5 Å². The minimum Gasteiger partial charge on any atom is -0.479 e. The Morgan fingerprint density at radius 3 is 2.50 bits per heavy atom. The van der Waals surface area contributed by atoms with Crippen LogP contribution in [0.1, 0.15) is 29.7 Å². The predicted molar refractivity (Wildman–Crippen MR) is 81.6 cm³/mol. The first-order valence-electron chi connectivity index (χ1n) is 6.00. The molecule has 2 atom stereocenters. The molecule has 0 amide bonds. The lowest BCUT2D eigenvalue weighted by Crippen LogP contribution is -2.20. The van der Waals surface area contributed by atoms with Gasteiger partial charge in [-0.15, -0.1) is 0 Å². The zero-order valence-electron chi connectivity index (χ0n) is 10.7. The Labute approximate surface area is 127 Å². The largest absolute Gasteiger partial charge is 0.479 e. The van der Waals surface area contributed by atoms with E-state index >= 15 is 0 Å². The molecule has 0 fully saturated rings. The zero-order valence-corrected chi connectivity index (χ0v) is 12.4. The molecule has 1 heterocycles. The third kappa shape index (κ3) is 3.29. The summed E-state index contributed by atoms with van der Waals surface area (Å²) in [6.07, 6.45) is 0. The van der Waals surface area contributed by atoms with Crippen molar-refractivity contribution in [3.63, 3.8) is 0 Å². The second kappa shape index (κ2) is 6.24. The summed E-state index contributed by atoms with van der Waals surface area (Å²) in [5.41, 5.74) is 0.540. The average Bonchev–Trinajstić information content (AvgIpc) is 2.87. The molecule has 0 radical (unpaired) electrons. The molecule has 4 nitrogen and oxygen atoms in total. The average molecular weight is 312 g/mol. The number of aliphatic carboxylic acids is 1. The maximum absolute atomic E-state index is 11.4. The molecule has 106 valence electrons. The van der Waals surface area contributed by atoms with Crippen LogP contribution in [0.3, 0.4) is 0 Å². The van der Waals surface area contributed by atoms with Crippen molar-refractivity contribution >= 4 is 35.9 Å². The van der Waals surface area contributed by atoms with Gasteiger partial charge in [-0.3, -0.25) is 0 Å². The first-order chi connectivity index (χ1) is 9.49. The highest BCUT2D eigenvalue weighted by Gasteiger charge is 2.24. The van der Waals surface area contributed by atoms with Gasteiger partial charge in [0, 0.05) is 0 Å². The molecule has 0 saturated carbocycles. The molecule has 2 aromatic rings. The number of carboxylic acid groups (broad SMARTS) is 1. The Morgan fingerprint density at radius 1 is 1.30 bits per heavy atom. The first kappa shape index (κ1) is 14.8. The first-order valence-corrected chi connectivity index (χ1v) is 6.90. The number of thiol groups is 1. The SMILES string of the molecule is CC(S)c1ccc(C(Nc2ccccc2Cl)C(=O)O)o1. The van der Waals surface area contributed by atoms with Gasteiger partial charge in [-0.1, -0.05) is 23.7 Å². The molecular formula is C14H14ClNO3S. The van der Waals surface area contributed by atoms with Crippen molar-refractivity contribution in [3.8, 4) is 0 Å². The quantitative estimate of drug-likeness (QED) is 0.725. The van der Waals surface area contributed by atoms with E-state index in [1.54, 1.807) is 36.4 Å². The molecule has 6 heteroatoms. The molecule has 0 bridgehead atoms. The van der Waals surface area contributed by atoms with Crippen molar-refractivity contribution in [2.45, 2.75) is 18.2 Å². The monoisotopic (exact) mass is 311 g/mol. The number of halogens is 1. The van der Waals surface area contributed by atoms with Gasteiger partial charge in [-0.2, -0.15) is 12.6 Å². The van der Waals surface area contributed by atoms with Gasteiger partial charge in [0.2, 0.25) is 0 Å². The Hall–Kier alpha value is -1.59. The Kier molecular flexibility index (Phi) is 4.62. The second-order valence-corrected chi connectivity index (χ2v) is 5.49. The number of para-hydroxylation sites is 1. The number of benzene rings is 1. The van der Waals surface area contributed by atoms with Gasteiger partial charge < -0.3 is 14.8 Å². The molecule has 20 heavy (non-hydrogen) atoms. The summed E-state index contributed by atoms with van der Waals surface area (Å²) in [5, 5.41) is 12.6. The fourth-order valence-electron chi connectivity index (χ4n) is 1.74. The smallest absolute Gasteiger partial charge is 0.334 e. The molecule has 0 spiro atoms. The minimum atomic E-state index is -1.04. The Balaban J connectivity index is 2.27. The van der Waals surface area contributed by atoms with Gasteiger partial charge >= 0.3 is 5.97 Å². The summed E-state index contributed by atoms with van der Waals surface area (Å²) in [6, 6.07) is 9.29.